The van der Waals surface area contributed by atoms with Gasteiger partial charge in [0.2, 0.25) is 0 Å². The Morgan fingerprint density at radius 2 is 1.55 bits per heavy atom. The maximum atomic E-state index is 15.0. The van der Waals surface area contributed by atoms with Gasteiger partial charge in [0, 0.05) is 75.8 Å². The smallest absolute Gasteiger partial charge is 0.341 e. The van der Waals surface area contributed by atoms with E-state index in [1.807, 2.05) is 41.2 Å². The summed E-state index contributed by atoms with van der Waals surface area (Å²) >= 11 is 0. The lowest BCUT2D eigenvalue weighted by Gasteiger charge is -2.31. The molecule has 9 nitrogen and oxygen atoms in total. The van der Waals surface area contributed by atoms with Crippen molar-refractivity contribution in [2.45, 2.75) is 96.1 Å². The second-order valence-corrected chi connectivity index (χ2v) is 27.4. The lowest BCUT2D eigenvalue weighted by molar-refractivity contribution is -0.151. The van der Waals surface area contributed by atoms with E-state index in [1.54, 1.807) is 6.92 Å². The van der Waals surface area contributed by atoms with Crippen LogP contribution in [0.4, 0.5) is 10.2 Å². The van der Waals surface area contributed by atoms with Gasteiger partial charge in [-0.1, -0.05) is 75.7 Å². The van der Waals surface area contributed by atoms with Gasteiger partial charge in [0.25, 0.3) is 0 Å². The second kappa shape index (κ2) is 17.4. The van der Waals surface area contributed by atoms with E-state index >= 15 is 4.39 Å². The maximum Gasteiger partial charge on any atom is 0.341 e. The van der Waals surface area contributed by atoms with Crippen LogP contribution in [0.5, 0.6) is 0 Å². The van der Waals surface area contributed by atoms with E-state index in [4.69, 9.17) is 29.3 Å². The summed E-state index contributed by atoms with van der Waals surface area (Å²) < 4.78 is 34.5. The fourth-order valence-electron chi connectivity index (χ4n) is 6.33. The number of nitrogens with zero attached hydrogens (tertiary/aromatic N) is 5. The molecule has 0 spiro atoms. The van der Waals surface area contributed by atoms with Crippen LogP contribution in [0.25, 0.3) is 28.0 Å². The topological polar surface area (TPSA) is 91.1 Å². The summed E-state index contributed by atoms with van der Waals surface area (Å²) in [4.78, 5) is 24.3. The number of pyridine rings is 1. The minimum atomic E-state index is -1.60. The summed E-state index contributed by atoms with van der Waals surface area (Å²) in [6.07, 6.45) is 4.77. The van der Waals surface area contributed by atoms with Crippen molar-refractivity contribution < 1.29 is 23.4 Å². The van der Waals surface area contributed by atoms with Crippen molar-refractivity contribution in [1.82, 2.24) is 19.6 Å². The third-order valence-corrected chi connectivity index (χ3v) is 13.0. The van der Waals surface area contributed by atoms with E-state index in [1.165, 1.54) is 0 Å². The van der Waals surface area contributed by atoms with Crippen molar-refractivity contribution >= 4 is 33.6 Å². The van der Waals surface area contributed by atoms with Gasteiger partial charge in [-0.3, -0.25) is 4.98 Å². The minimum Gasteiger partial charge on any atom is -0.464 e. The van der Waals surface area contributed by atoms with E-state index < -0.39 is 28.3 Å². The number of rotatable bonds is 17. The molecule has 0 bridgehead atoms. The van der Waals surface area contributed by atoms with Crippen molar-refractivity contribution in [3.63, 3.8) is 0 Å². The third-order valence-electron chi connectivity index (χ3n) is 9.54. The van der Waals surface area contributed by atoms with Gasteiger partial charge in [-0.25, -0.2) is 14.2 Å². The molecule has 0 aliphatic heterocycles. The second-order valence-electron chi connectivity index (χ2n) is 16.1. The van der Waals surface area contributed by atoms with E-state index in [-0.39, 0.29) is 18.4 Å². The number of benzene rings is 1. The number of fused-ring (bicyclic) bond motifs is 1. The molecule has 1 fully saturated rings. The molecule has 1 aromatic carbocycles. The van der Waals surface area contributed by atoms with Gasteiger partial charge in [0.1, 0.15) is 19.3 Å². The highest BCUT2D eigenvalue weighted by molar-refractivity contribution is 6.76. The zero-order valence-electron chi connectivity index (χ0n) is 31.5. The summed E-state index contributed by atoms with van der Waals surface area (Å²) in [5.74, 6) is -0.159. The average Bonchev–Trinajstić information content (AvgIpc) is 3.54. The number of ether oxygens (including phenoxy) is 3. The fraction of sp³-hybridized carbons (Fsp3) is 0.538. The Morgan fingerprint density at radius 3 is 2.12 bits per heavy atom. The van der Waals surface area contributed by atoms with Crippen LogP contribution in [-0.2, 0) is 19.0 Å². The molecule has 1 aliphatic carbocycles. The fourth-order valence-corrected chi connectivity index (χ4v) is 7.85. The van der Waals surface area contributed by atoms with Gasteiger partial charge in [-0.15, -0.1) is 0 Å². The highest BCUT2D eigenvalue weighted by Gasteiger charge is 2.34. The monoisotopic (exact) mass is 733 g/mol. The summed E-state index contributed by atoms with van der Waals surface area (Å²) in [5.41, 5.74) is 5.40. The molecule has 0 radical (unpaired) electrons. The van der Waals surface area contributed by atoms with Crippen LogP contribution in [-0.4, -0.2) is 81.2 Å². The molecule has 276 valence electrons. The molecule has 51 heavy (non-hydrogen) atoms. The first kappa shape index (κ1) is 38.8. The normalized spacial score (nSPS) is 17.4. The van der Waals surface area contributed by atoms with Crippen LogP contribution < -0.4 is 4.90 Å². The van der Waals surface area contributed by atoms with Gasteiger partial charge in [-0.05, 0) is 50.8 Å². The van der Waals surface area contributed by atoms with Crippen molar-refractivity contribution in [2.24, 2.45) is 5.92 Å². The number of aromatic nitrogens is 4. The molecular formula is C39H56FN5O4Si2. The number of halogens is 1. The summed E-state index contributed by atoms with van der Waals surface area (Å²) in [5, 5.41) is 4.88. The average molecular weight is 734 g/mol. The number of esters is 1. The van der Waals surface area contributed by atoms with E-state index in [0.29, 0.717) is 39.5 Å². The Hall–Kier alpha value is -3.46. The summed E-state index contributed by atoms with van der Waals surface area (Å²) in [6, 6.07) is 18.5. The first-order valence-electron chi connectivity index (χ1n) is 18.4. The minimum absolute atomic E-state index is 0.100. The maximum absolute atomic E-state index is 15.0. The first-order chi connectivity index (χ1) is 24.3. The zero-order chi connectivity index (χ0) is 36.6. The molecule has 1 unspecified atom stereocenters. The number of anilines is 1. The molecule has 3 aromatic heterocycles. The largest absolute Gasteiger partial charge is 0.464 e. The number of hydrogen-bond acceptors (Lipinski definition) is 8. The van der Waals surface area contributed by atoms with Crippen LogP contribution in [0.3, 0.4) is 0 Å². The van der Waals surface area contributed by atoms with Gasteiger partial charge in [0.05, 0.1) is 18.5 Å². The number of carbonyl (C=O) groups is 1. The molecule has 3 heterocycles. The Kier molecular flexibility index (Phi) is 13.2. The third kappa shape index (κ3) is 10.8. The Morgan fingerprint density at radius 1 is 0.902 bits per heavy atom. The molecule has 1 atom stereocenters. The quantitative estimate of drug-likeness (QED) is 0.0460. The molecule has 4 aromatic rings. The first-order valence-corrected chi connectivity index (χ1v) is 25.9. The van der Waals surface area contributed by atoms with Gasteiger partial charge < -0.3 is 19.1 Å². The Bertz CT molecular complexity index is 1680. The molecule has 0 amide bonds. The van der Waals surface area contributed by atoms with E-state index in [9.17, 15) is 4.79 Å². The molecule has 0 saturated heterocycles. The summed E-state index contributed by atoms with van der Waals surface area (Å²) in [6.45, 7) is 18.1. The highest BCUT2D eigenvalue weighted by Crippen LogP contribution is 2.39. The van der Waals surface area contributed by atoms with Crippen molar-refractivity contribution in [3.8, 4) is 22.4 Å². The molecular weight excluding hydrogens is 678 g/mol. The lowest BCUT2D eigenvalue weighted by Crippen LogP contribution is -2.33. The standard InChI is InChI=1S/C39H56FN5O4Si2/c1-8-49-39(46)37(40)31-16-14-30(15-17-31)35-24-36(44(27-47-20-22-50(2,3)4)28-48-21-23-51(5,6)7)45-38(43-35)33(26-42-45)32-18-19-34(41-25-32)29-12-10-9-11-13-29/h9-13,18-19,24-26,30-31,37H,8,14-17,20-23,27-28H2,1-7H3. The molecule has 1 saturated carbocycles. The zero-order valence-corrected chi connectivity index (χ0v) is 33.5. The van der Waals surface area contributed by atoms with Crippen LogP contribution >= 0.6 is 0 Å². The predicted octanol–water partition coefficient (Wildman–Crippen LogP) is 9.06. The number of carbonyl (C=O) groups excluding carboxylic acids is 1. The SMILES string of the molecule is CCOC(=O)C(F)C1CCC(c2cc(N(COCC[Si](C)(C)C)COCC[Si](C)(C)C)n3ncc(-c4ccc(-c5ccccc5)nc4)c3n2)CC1. The molecule has 12 heteroatoms. The molecule has 1 aliphatic rings. The number of alkyl halides is 1. The van der Waals surface area contributed by atoms with Gasteiger partial charge in [-0.2, -0.15) is 9.61 Å². The Labute approximate surface area is 305 Å². The summed E-state index contributed by atoms with van der Waals surface area (Å²) in [7, 11) is -2.56. The van der Waals surface area contributed by atoms with Crippen LogP contribution in [0.1, 0.15) is 44.2 Å². The van der Waals surface area contributed by atoms with Crippen molar-refractivity contribution in [3.05, 3.63) is 66.6 Å². The molecule has 0 N–H and O–H groups in total. The number of hydrogen-bond donors (Lipinski definition) is 0. The van der Waals surface area contributed by atoms with Crippen molar-refractivity contribution in [1.29, 1.82) is 0 Å². The predicted molar refractivity (Wildman–Crippen MR) is 208 cm³/mol. The molecule has 5 rings (SSSR count). The van der Waals surface area contributed by atoms with Crippen LogP contribution in [0.2, 0.25) is 51.4 Å². The van der Waals surface area contributed by atoms with E-state index in [2.05, 4.69) is 68.4 Å². The van der Waals surface area contributed by atoms with Gasteiger partial charge >= 0.3 is 5.97 Å². The highest BCUT2D eigenvalue weighted by atomic mass is 28.3. The van der Waals surface area contributed by atoms with Crippen LogP contribution in [0.15, 0.2) is 60.9 Å². The van der Waals surface area contributed by atoms with E-state index in [0.717, 1.165) is 64.5 Å². The van der Waals surface area contributed by atoms with Crippen LogP contribution in [0, 0.1) is 5.92 Å². The van der Waals surface area contributed by atoms with Crippen molar-refractivity contribution in [2.75, 3.05) is 38.2 Å². The Balaban J connectivity index is 1.49. The lowest BCUT2D eigenvalue weighted by atomic mass is 9.78. The van der Waals surface area contributed by atoms with Gasteiger partial charge in [0.15, 0.2) is 11.8 Å².